The van der Waals surface area contributed by atoms with Crippen molar-refractivity contribution < 1.29 is 4.52 Å². The summed E-state index contributed by atoms with van der Waals surface area (Å²) in [6.45, 7) is 4.90. The van der Waals surface area contributed by atoms with Crippen LogP contribution in [0.5, 0.6) is 0 Å². The number of hydrogen-bond donors (Lipinski definition) is 1. The summed E-state index contributed by atoms with van der Waals surface area (Å²) >= 11 is 0. The van der Waals surface area contributed by atoms with Crippen LogP contribution in [0.2, 0.25) is 0 Å². The second-order valence-electron chi connectivity index (χ2n) is 6.51. The fraction of sp³-hybridized carbons (Fsp3) is 0.211. The number of anilines is 1. The summed E-state index contributed by atoms with van der Waals surface area (Å²) < 4.78 is 7.10. The lowest BCUT2D eigenvalue weighted by atomic mass is 10.2. The summed E-state index contributed by atoms with van der Waals surface area (Å²) in [6.07, 6.45) is 1.79. The smallest absolute Gasteiger partial charge is 0.248 e. The van der Waals surface area contributed by atoms with E-state index in [9.17, 15) is 0 Å². The van der Waals surface area contributed by atoms with Crippen molar-refractivity contribution in [3.8, 4) is 0 Å². The van der Waals surface area contributed by atoms with Crippen molar-refractivity contribution in [3.63, 3.8) is 0 Å². The van der Waals surface area contributed by atoms with Gasteiger partial charge in [-0.25, -0.2) is 0 Å². The first kappa shape index (κ1) is 15.7. The number of amidine groups is 1. The maximum atomic E-state index is 5.22. The Bertz CT molecular complexity index is 1190. The van der Waals surface area contributed by atoms with Gasteiger partial charge in [0.2, 0.25) is 5.89 Å². The molecule has 1 N–H and O–H groups in total. The molecule has 0 atom stereocenters. The Hall–Kier alpha value is -3.55. The lowest BCUT2D eigenvalue weighted by Crippen LogP contribution is -2.13. The Balaban J connectivity index is 1.45. The first-order chi connectivity index (χ1) is 13.2. The molecule has 0 saturated carbocycles. The highest BCUT2D eigenvalue weighted by Gasteiger charge is 2.17. The number of hydrogen-bond acceptors (Lipinski definition) is 7. The normalized spacial score (nSPS) is 13.0. The van der Waals surface area contributed by atoms with Crippen LogP contribution in [0.25, 0.3) is 10.9 Å². The molecule has 0 aliphatic carbocycles. The Morgan fingerprint density at radius 1 is 1.22 bits per heavy atom. The molecule has 8 heteroatoms. The third-order valence-electron chi connectivity index (χ3n) is 4.58. The Kier molecular flexibility index (Phi) is 3.49. The topological polar surface area (TPSA) is 94.0 Å². The van der Waals surface area contributed by atoms with Crippen LogP contribution in [-0.2, 0) is 13.1 Å². The van der Waals surface area contributed by atoms with Gasteiger partial charge in [-0.05, 0) is 38.1 Å². The molecule has 0 amide bonds. The summed E-state index contributed by atoms with van der Waals surface area (Å²) in [6, 6.07) is 10.1. The van der Waals surface area contributed by atoms with E-state index in [2.05, 4.69) is 42.7 Å². The van der Waals surface area contributed by atoms with Gasteiger partial charge < -0.3 is 9.84 Å². The quantitative estimate of drug-likeness (QED) is 0.604. The number of fused-ring (bicyclic) bond motifs is 2. The van der Waals surface area contributed by atoms with E-state index in [4.69, 9.17) is 4.52 Å². The third kappa shape index (κ3) is 2.75. The van der Waals surface area contributed by atoms with Gasteiger partial charge in [0.15, 0.2) is 11.7 Å². The van der Waals surface area contributed by atoms with Crippen LogP contribution in [0.3, 0.4) is 0 Å². The van der Waals surface area contributed by atoms with Crippen LogP contribution >= 0.6 is 0 Å². The van der Waals surface area contributed by atoms with Gasteiger partial charge in [-0.3, -0.25) is 14.7 Å². The number of aliphatic imine (C=N–C) groups is 1. The minimum atomic E-state index is 0.446. The number of nitrogens with zero attached hydrogens (tertiary/aromatic N) is 6. The van der Waals surface area contributed by atoms with Crippen molar-refractivity contribution in [2.45, 2.75) is 26.9 Å². The number of nitrogens with one attached hydrogen (secondary N) is 1. The fourth-order valence-corrected chi connectivity index (χ4v) is 3.32. The van der Waals surface area contributed by atoms with Crippen molar-refractivity contribution in [2.75, 3.05) is 5.32 Å². The minimum absolute atomic E-state index is 0.446. The lowest BCUT2D eigenvalue weighted by molar-refractivity contribution is 0.364. The van der Waals surface area contributed by atoms with Crippen LogP contribution in [0.15, 0.2) is 46.0 Å². The largest absolute Gasteiger partial charge is 0.339 e. The van der Waals surface area contributed by atoms with Crippen molar-refractivity contribution in [3.05, 3.63) is 65.2 Å². The van der Waals surface area contributed by atoms with Crippen LogP contribution < -0.4 is 5.32 Å². The van der Waals surface area contributed by atoms with Crippen LogP contribution in [-0.4, -0.2) is 30.7 Å². The molecule has 0 spiro atoms. The molecule has 134 valence electrons. The van der Waals surface area contributed by atoms with Crippen LogP contribution in [0.1, 0.15) is 28.7 Å². The zero-order chi connectivity index (χ0) is 18.4. The summed E-state index contributed by atoms with van der Waals surface area (Å²) in [5.41, 5.74) is 4.96. The van der Waals surface area contributed by atoms with Crippen molar-refractivity contribution >= 4 is 22.4 Å². The van der Waals surface area contributed by atoms with Gasteiger partial charge in [-0.2, -0.15) is 10.1 Å². The van der Waals surface area contributed by atoms with Gasteiger partial charge in [0.1, 0.15) is 12.2 Å². The Morgan fingerprint density at radius 2 is 2.15 bits per heavy atom. The molecule has 0 saturated heterocycles. The molecule has 4 aromatic rings. The maximum Gasteiger partial charge on any atom is 0.248 e. The highest BCUT2D eigenvalue weighted by atomic mass is 16.5. The molecule has 0 bridgehead atoms. The molecule has 0 fully saturated rings. The predicted octanol–water partition coefficient (Wildman–Crippen LogP) is 2.85. The molecule has 8 nitrogen and oxygen atoms in total. The van der Waals surface area contributed by atoms with Gasteiger partial charge in [-0.15, -0.1) is 0 Å². The molecule has 1 aliphatic heterocycles. The van der Waals surface area contributed by atoms with Crippen LogP contribution in [0, 0.1) is 13.8 Å². The van der Waals surface area contributed by atoms with E-state index in [-0.39, 0.29) is 0 Å². The number of benzene rings is 1. The second-order valence-corrected chi connectivity index (χ2v) is 6.51. The van der Waals surface area contributed by atoms with E-state index in [0.29, 0.717) is 24.8 Å². The SMILES string of the molecule is Cc1noc(Cn2nc(C)c3cc(NC4=NCc5cccnc54)ccc32)n1. The summed E-state index contributed by atoms with van der Waals surface area (Å²) in [5, 5.41) is 12.9. The molecule has 0 radical (unpaired) electrons. The van der Waals surface area contributed by atoms with Gasteiger partial charge in [0.05, 0.1) is 17.8 Å². The molecule has 1 aliphatic rings. The standard InChI is InChI=1S/C19H17N7O/c1-11-15-8-14(23-19-18-13(9-21-19)4-3-7-20-18)5-6-16(15)26(24-11)10-17-22-12(2)25-27-17/h3-8H,9-10H2,1-2H3,(H,21,23). The van der Waals surface area contributed by atoms with Gasteiger partial charge in [-0.1, -0.05) is 11.2 Å². The molecule has 5 rings (SSSR count). The number of pyridine rings is 1. The molecular weight excluding hydrogens is 342 g/mol. The Labute approximate surface area is 155 Å². The average Bonchev–Trinajstić information content (AvgIpc) is 3.35. The molecule has 1 aromatic carbocycles. The van der Waals surface area contributed by atoms with Gasteiger partial charge in [0.25, 0.3) is 0 Å². The zero-order valence-electron chi connectivity index (χ0n) is 15.0. The fourth-order valence-electron chi connectivity index (χ4n) is 3.32. The van der Waals surface area contributed by atoms with Gasteiger partial charge >= 0.3 is 0 Å². The monoisotopic (exact) mass is 359 g/mol. The predicted molar refractivity (Wildman–Crippen MR) is 101 cm³/mol. The molecule has 27 heavy (non-hydrogen) atoms. The first-order valence-electron chi connectivity index (χ1n) is 8.69. The second kappa shape index (κ2) is 6.01. The third-order valence-corrected chi connectivity index (χ3v) is 4.58. The molecule has 4 heterocycles. The average molecular weight is 359 g/mol. The summed E-state index contributed by atoms with van der Waals surface area (Å²) in [4.78, 5) is 13.3. The maximum absolute atomic E-state index is 5.22. The zero-order valence-corrected chi connectivity index (χ0v) is 15.0. The lowest BCUT2D eigenvalue weighted by Gasteiger charge is -2.07. The van der Waals surface area contributed by atoms with Crippen molar-refractivity contribution in [2.24, 2.45) is 4.99 Å². The highest BCUT2D eigenvalue weighted by Crippen LogP contribution is 2.25. The number of rotatable bonds is 3. The van der Waals surface area contributed by atoms with Crippen LogP contribution in [0.4, 0.5) is 5.69 Å². The summed E-state index contributed by atoms with van der Waals surface area (Å²) in [5.74, 6) is 1.97. The minimum Gasteiger partial charge on any atom is -0.339 e. The van der Waals surface area contributed by atoms with E-state index in [0.717, 1.165) is 39.4 Å². The van der Waals surface area contributed by atoms with E-state index in [1.807, 2.05) is 29.8 Å². The van der Waals surface area contributed by atoms with Gasteiger partial charge in [0, 0.05) is 22.8 Å². The molecule has 3 aromatic heterocycles. The molecular formula is C19H17N7O. The van der Waals surface area contributed by atoms with E-state index in [1.165, 1.54) is 0 Å². The summed E-state index contributed by atoms with van der Waals surface area (Å²) in [7, 11) is 0. The van der Waals surface area contributed by atoms with E-state index < -0.39 is 0 Å². The Morgan fingerprint density at radius 3 is 3.00 bits per heavy atom. The van der Waals surface area contributed by atoms with E-state index >= 15 is 0 Å². The number of aromatic nitrogens is 5. The highest BCUT2D eigenvalue weighted by molar-refractivity contribution is 6.09. The van der Waals surface area contributed by atoms with E-state index in [1.54, 1.807) is 13.1 Å². The molecule has 0 unspecified atom stereocenters. The number of aryl methyl sites for hydroxylation is 2. The van der Waals surface area contributed by atoms with Crippen molar-refractivity contribution in [1.82, 2.24) is 24.9 Å². The first-order valence-corrected chi connectivity index (χ1v) is 8.69. The van der Waals surface area contributed by atoms with Crippen molar-refractivity contribution in [1.29, 1.82) is 0 Å².